The van der Waals surface area contributed by atoms with Crippen molar-refractivity contribution in [3.63, 3.8) is 0 Å². The van der Waals surface area contributed by atoms with E-state index in [9.17, 15) is 14.9 Å². The molecule has 0 aromatic heterocycles. The molecule has 23 heavy (non-hydrogen) atoms. The Bertz CT molecular complexity index is 561. The summed E-state index contributed by atoms with van der Waals surface area (Å²) in [6, 6.07) is 2.19. The molecule has 126 valence electrons. The van der Waals surface area contributed by atoms with Gasteiger partial charge in [-0.15, -0.1) is 0 Å². The van der Waals surface area contributed by atoms with Gasteiger partial charge in [0.25, 0.3) is 5.91 Å². The lowest BCUT2D eigenvalue weighted by Gasteiger charge is -2.21. The van der Waals surface area contributed by atoms with Gasteiger partial charge in [0.05, 0.1) is 12.0 Å². The number of amides is 1. The quantitative estimate of drug-likeness (QED) is 0.624. The maximum absolute atomic E-state index is 12.2. The standard InChI is InChI=1S/C18H26N2O3/c1-12(2)9-13-15(17(13,3)4)16(22)23-10-14(21)20-18(11-19)7-5-6-8-18/h9,13,15H,5-8,10H2,1-4H3,(H,20,21)/t13-,15+/m0/s1. The summed E-state index contributed by atoms with van der Waals surface area (Å²) in [6.45, 7) is 7.77. The Labute approximate surface area is 138 Å². The molecular formula is C18H26N2O3. The molecule has 2 fully saturated rings. The summed E-state index contributed by atoms with van der Waals surface area (Å²) in [5.41, 5.74) is 0.283. The van der Waals surface area contributed by atoms with Gasteiger partial charge in [0.1, 0.15) is 5.54 Å². The third-order valence-electron chi connectivity index (χ3n) is 5.07. The number of carbonyl (C=O) groups is 2. The van der Waals surface area contributed by atoms with Crippen molar-refractivity contribution in [3.8, 4) is 6.07 Å². The second kappa shape index (κ2) is 6.35. The Balaban J connectivity index is 1.84. The summed E-state index contributed by atoms with van der Waals surface area (Å²) in [7, 11) is 0. The molecule has 2 aliphatic rings. The first kappa shape index (κ1) is 17.5. The zero-order valence-corrected chi connectivity index (χ0v) is 14.4. The van der Waals surface area contributed by atoms with Crippen molar-refractivity contribution >= 4 is 11.9 Å². The van der Waals surface area contributed by atoms with Crippen molar-refractivity contribution in [1.29, 1.82) is 5.26 Å². The number of hydrogen-bond acceptors (Lipinski definition) is 4. The van der Waals surface area contributed by atoms with E-state index < -0.39 is 5.54 Å². The third kappa shape index (κ3) is 3.74. The van der Waals surface area contributed by atoms with E-state index in [4.69, 9.17) is 4.74 Å². The Morgan fingerprint density at radius 2 is 1.91 bits per heavy atom. The van der Waals surface area contributed by atoms with Gasteiger partial charge in [-0.05, 0) is 50.9 Å². The van der Waals surface area contributed by atoms with E-state index in [1.54, 1.807) is 0 Å². The lowest BCUT2D eigenvalue weighted by atomic mass is 10.00. The molecule has 1 N–H and O–H groups in total. The van der Waals surface area contributed by atoms with Crippen LogP contribution in [0.1, 0.15) is 53.4 Å². The normalized spacial score (nSPS) is 26.7. The van der Waals surface area contributed by atoms with E-state index in [2.05, 4.69) is 17.5 Å². The number of carbonyl (C=O) groups excluding carboxylic acids is 2. The maximum atomic E-state index is 12.2. The molecule has 0 saturated heterocycles. The van der Waals surface area contributed by atoms with Gasteiger partial charge in [-0.3, -0.25) is 9.59 Å². The predicted octanol–water partition coefficient (Wildman–Crippen LogP) is 2.72. The van der Waals surface area contributed by atoms with E-state index in [-0.39, 0.29) is 35.7 Å². The third-order valence-corrected chi connectivity index (χ3v) is 5.07. The van der Waals surface area contributed by atoms with Crippen LogP contribution in [0.2, 0.25) is 0 Å². The molecule has 0 aliphatic heterocycles. The highest BCUT2D eigenvalue weighted by atomic mass is 16.5. The van der Waals surface area contributed by atoms with Crippen molar-refractivity contribution in [2.75, 3.05) is 6.61 Å². The molecule has 0 bridgehead atoms. The van der Waals surface area contributed by atoms with Gasteiger partial charge in [0, 0.05) is 0 Å². The monoisotopic (exact) mass is 318 g/mol. The second-order valence-corrected chi connectivity index (χ2v) is 7.63. The largest absolute Gasteiger partial charge is 0.455 e. The van der Waals surface area contributed by atoms with Crippen LogP contribution in [-0.2, 0) is 14.3 Å². The molecule has 0 radical (unpaired) electrons. The number of ether oxygens (including phenoxy) is 1. The Hall–Kier alpha value is -1.83. The van der Waals surface area contributed by atoms with Crippen molar-refractivity contribution in [3.05, 3.63) is 11.6 Å². The molecular weight excluding hydrogens is 292 g/mol. The van der Waals surface area contributed by atoms with Crippen LogP contribution >= 0.6 is 0 Å². The van der Waals surface area contributed by atoms with Gasteiger partial charge >= 0.3 is 5.97 Å². The number of nitriles is 1. The van der Waals surface area contributed by atoms with Crippen LogP contribution in [0.4, 0.5) is 0 Å². The van der Waals surface area contributed by atoms with Crippen molar-refractivity contribution < 1.29 is 14.3 Å². The molecule has 0 spiro atoms. The van der Waals surface area contributed by atoms with Crippen LogP contribution in [0, 0.1) is 28.6 Å². The lowest BCUT2D eigenvalue weighted by molar-refractivity contribution is -0.151. The number of rotatable bonds is 5. The first-order valence-corrected chi connectivity index (χ1v) is 8.26. The minimum atomic E-state index is -0.771. The molecule has 0 unspecified atom stereocenters. The Kier molecular flexibility index (Phi) is 4.84. The highest BCUT2D eigenvalue weighted by Crippen LogP contribution is 2.59. The van der Waals surface area contributed by atoms with Crippen LogP contribution in [0.5, 0.6) is 0 Å². The first-order valence-electron chi connectivity index (χ1n) is 8.26. The highest BCUT2D eigenvalue weighted by Gasteiger charge is 2.61. The first-order chi connectivity index (χ1) is 10.7. The van der Waals surface area contributed by atoms with Gasteiger partial charge in [-0.2, -0.15) is 5.26 Å². The number of allylic oxidation sites excluding steroid dienone is 2. The lowest BCUT2D eigenvalue weighted by Crippen LogP contribution is -2.46. The van der Waals surface area contributed by atoms with E-state index in [1.807, 2.05) is 27.7 Å². The van der Waals surface area contributed by atoms with Gasteiger partial charge in [-0.1, -0.05) is 25.5 Å². The molecule has 1 amide bonds. The number of esters is 1. The Morgan fingerprint density at radius 1 is 1.30 bits per heavy atom. The fourth-order valence-corrected chi connectivity index (χ4v) is 3.57. The van der Waals surface area contributed by atoms with Crippen molar-refractivity contribution in [2.24, 2.45) is 17.3 Å². The Morgan fingerprint density at radius 3 is 2.43 bits per heavy atom. The van der Waals surface area contributed by atoms with E-state index in [0.29, 0.717) is 12.8 Å². The summed E-state index contributed by atoms with van der Waals surface area (Å²) < 4.78 is 5.19. The summed E-state index contributed by atoms with van der Waals surface area (Å²) in [6.07, 6.45) is 5.31. The zero-order valence-electron chi connectivity index (χ0n) is 14.4. The summed E-state index contributed by atoms with van der Waals surface area (Å²) in [5.74, 6) is -0.742. The maximum Gasteiger partial charge on any atom is 0.310 e. The SMILES string of the molecule is CC(C)=C[C@H]1[C@H](C(=O)OCC(=O)NC2(C#N)CCCC2)C1(C)C. The predicted molar refractivity (Wildman–Crippen MR) is 86.1 cm³/mol. The van der Waals surface area contributed by atoms with Gasteiger partial charge < -0.3 is 10.1 Å². The summed E-state index contributed by atoms with van der Waals surface area (Å²) in [5, 5.41) is 12.0. The number of nitrogens with one attached hydrogen (secondary N) is 1. The average Bonchev–Trinajstić information content (AvgIpc) is 2.84. The molecule has 5 heteroatoms. The number of hydrogen-bond donors (Lipinski definition) is 1. The highest BCUT2D eigenvalue weighted by molar-refractivity contribution is 5.84. The summed E-state index contributed by atoms with van der Waals surface area (Å²) >= 11 is 0. The van der Waals surface area contributed by atoms with E-state index in [0.717, 1.165) is 12.8 Å². The number of nitrogens with zero attached hydrogens (tertiary/aromatic N) is 1. The zero-order chi connectivity index (χ0) is 17.3. The van der Waals surface area contributed by atoms with Gasteiger partial charge in [-0.25, -0.2) is 0 Å². The molecule has 2 saturated carbocycles. The van der Waals surface area contributed by atoms with Crippen LogP contribution in [0.3, 0.4) is 0 Å². The van der Waals surface area contributed by atoms with Crippen LogP contribution in [0.25, 0.3) is 0 Å². The molecule has 0 aromatic carbocycles. The molecule has 2 aliphatic carbocycles. The van der Waals surface area contributed by atoms with Gasteiger partial charge in [0.15, 0.2) is 6.61 Å². The van der Waals surface area contributed by atoms with Crippen molar-refractivity contribution in [1.82, 2.24) is 5.32 Å². The molecule has 2 rings (SSSR count). The smallest absolute Gasteiger partial charge is 0.310 e. The van der Waals surface area contributed by atoms with Crippen LogP contribution in [0.15, 0.2) is 11.6 Å². The fraction of sp³-hybridized carbons (Fsp3) is 0.722. The van der Waals surface area contributed by atoms with E-state index in [1.165, 1.54) is 5.57 Å². The second-order valence-electron chi connectivity index (χ2n) is 7.63. The van der Waals surface area contributed by atoms with Crippen LogP contribution in [-0.4, -0.2) is 24.0 Å². The van der Waals surface area contributed by atoms with Crippen molar-refractivity contribution in [2.45, 2.75) is 58.9 Å². The summed E-state index contributed by atoms with van der Waals surface area (Å²) in [4.78, 5) is 24.2. The van der Waals surface area contributed by atoms with E-state index >= 15 is 0 Å². The molecule has 5 nitrogen and oxygen atoms in total. The topological polar surface area (TPSA) is 79.2 Å². The molecule has 0 heterocycles. The van der Waals surface area contributed by atoms with Crippen LogP contribution < -0.4 is 5.32 Å². The van der Waals surface area contributed by atoms with Gasteiger partial charge in [0.2, 0.25) is 0 Å². The minimum Gasteiger partial charge on any atom is -0.455 e. The fourth-order valence-electron chi connectivity index (χ4n) is 3.57. The molecule has 0 aromatic rings. The molecule has 2 atom stereocenters. The minimum absolute atomic E-state index is 0.121. The average molecular weight is 318 g/mol.